The minimum Gasteiger partial charge on any atom is -0.462 e. The van der Waals surface area contributed by atoms with Crippen molar-refractivity contribution in [2.45, 2.75) is 27.7 Å². The van der Waals surface area contributed by atoms with Crippen LogP contribution in [0.1, 0.15) is 29.2 Å². The van der Waals surface area contributed by atoms with Crippen molar-refractivity contribution in [1.29, 1.82) is 5.26 Å². The Morgan fingerprint density at radius 2 is 1.89 bits per heavy atom. The molecule has 0 N–H and O–H groups in total. The predicted molar refractivity (Wildman–Crippen MR) is 70.9 cm³/mol. The molecule has 0 saturated carbocycles. The van der Waals surface area contributed by atoms with Crippen molar-refractivity contribution in [3.05, 3.63) is 40.0 Å². The van der Waals surface area contributed by atoms with Crippen molar-refractivity contribution in [3.63, 3.8) is 0 Å². The van der Waals surface area contributed by atoms with Crippen LogP contribution in [0.25, 0.3) is 6.08 Å². The molecular formula is C15H17NO2. The molecule has 18 heavy (non-hydrogen) atoms. The van der Waals surface area contributed by atoms with Crippen LogP contribution in [0.15, 0.2) is 17.7 Å². The number of rotatable bonds is 3. The molecule has 0 aliphatic carbocycles. The van der Waals surface area contributed by atoms with Crippen LogP contribution in [0.4, 0.5) is 0 Å². The second kappa shape index (κ2) is 6.02. The highest BCUT2D eigenvalue weighted by atomic mass is 16.5. The Bertz CT molecular complexity index is 513. The van der Waals surface area contributed by atoms with E-state index in [-0.39, 0.29) is 12.2 Å². The first-order valence-corrected chi connectivity index (χ1v) is 5.86. The number of hydrogen-bond acceptors (Lipinski definition) is 3. The summed E-state index contributed by atoms with van der Waals surface area (Å²) in [4.78, 5) is 11.6. The highest BCUT2D eigenvalue weighted by Gasteiger charge is 2.11. The molecular weight excluding hydrogens is 226 g/mol. The summed E-state index contributed by atoms with van der Waals surface area (Å²) in [6, 6.07) is 5.94. The third kappa shape index (κ3) is 3.21. The Balaban J connectivity index is 3.23. The Labute approximate surface area is 108 Å². The fourth-order valence-electron chi connectivity index (χ4n) is 1.91. The van der Waals surface area contributed by atoms with Crippen LogP contribution >= 0.6 is 0 Å². The van der Waals surface area contributed by atoms with Gasteiger partial charge in [0, 0.05) is 0 Å². The van der Waals surface area contributed by atoms with Gasteiger partial charge in [0.2, 0.25) is 0 Å². The molecule has 0 spiro atoms. The van der Waals surface area contributed by atoms with E-state index in [1.54, 1.807) is 13.0 Å². The molecule has 0 saturated heterocycles. The number of carbonyl (C=O) groups is 1. The van der Waals surface area contributed by atoms with E-state index in [0.717, 1.165) is 22.3 Å². The fourth-order valence-corrected chi connectivity index (χ4v) is 1.91. The van der Waals surface area contributed by atoms with Gasteiger partial charge in [-0.25, -0.2) is 4.79 Å². The van der Waals surface area contributed by atoms with Crippen molar-refractivity contribution in [3.8, 4) is 6.07 Å². The number of ether oxygens (including phenoxy) is 1. The monoisotopic (exact) mass is 243 g/mol. The molecule has 1 rings (SSSR count). The normalized spacial score (nSPS) is 10.9. The molecule has 0 atom stereocenters. The molecule has 1 aromatic rings. The quantitative estimate of drug-likeness (QED) is 0.465. The molecule has 0 fully saturated rings. The minimum atomic E-state index is -0.570. The maximum atomic E-state index is 11.6. The van der Waals surface area contributed by atoms with E-state index < -0.39 is 5.97 Å². The third-order valence-electron chi connectivity index (χ3n) is 2.64. The van der Waals surface area contributed by atoms with Gasteiger partial charge in [-0.15, -0.1) is 0 Å². The first-order valence-electron chi connectivity index (χ1n) is 5.86. The summed E-state index contributed by atoms with van der Waals surface area (Å²) in [6.45, 7) is 7.93. The summed E-state index contributed by atoms with van der Waals surface area (Å²) in [5, 5.41) is 9.00. The second-order valence-corrected chi connectivity index (χ2v) is 4.20. The van der Waals surface area contributed by atoms with Crippen molar-refractivity contribution in [2.75, 3.05) is 6.61 Å². The lowest BCUT2D eigenvalue weighted by Crippen LogP contribution is -2.06. The van der Waals surface area contributed by atoms with E-state index in [0.29, 0.717) is 0 Å². The Morgan fingerprint density at radius 3 is 2.33 bits per heavy atom. The first-order chi connectivity index (χ1) is 8.49. The number of nitrogens with zero attached hydrogens (tertiary/aromatic N) is 1. The molecule has 1 aromatic carbocycles. The SMILES string of the molecule is CCOC(=O)/C(C#N)=C/c1c(C)cc(C)cc1C. The molecule has 0 unspecified atom stereocenters. The van der Waals surface area contributed by atoms with Crippen molar-refractivity contribution >= 4 is 12.0 Å². The fraction of sp³-hybridized carbons (Fsp3) is 0.333. The van der Waals surface area contributed by atoms with Gasteiger partial charge in [-0.05, 0) is 50.5 Å². The summed E-state index contributed by atoms with van der Waals surface area (Å²) in [6.07, 6.45) is 1.60. The van der Waals surface area contributed by atoms with Crippen molar-refractivity contribution in [1.82, 2.24) is 0 Å². The zero-order valence-corrected chi connectivity index (χ0v) is 11.2. The number of benzene rings is 1. The molecule has 3 heteroatoms. The number of nitriles is 1. The van der Waals surface area contributed by atoms with Crippen LogP contribution in [-0.2, 0) is 9.53 Å². The number of esters is 1. The van der Waals surface area contributed by atoms with Crippen molar-refractivity contribution in [2.24, 2.45) is 0 Å². The highest BCUT2D eigenvalue weighted by Crippen LogP contribution is 2.19. The van der Waals surface area contributed by atoms with Gasteiger partial charge in [0.15, 0.2) is 0 Å². The van der Waals surface area contributed by atoms with E-state index >= 15 is 0 Å². The lowest BCUT2D eigenvalue weighted by Gasteiger charge is -2.08. The number of carbonyl (C=O) groups excluding carboxylic acids is 1. The lowest BCUT2D eigenvalue weighted by atomic mass is 9.98. The minimum absolute atomic E-state index is 0.0342. The van der Waals surface area contributed by atoms with Gasteiger partial charge in [0.1, 0.15) is 11.6 Å². The summed E-state index contributed by atoms with van der Waals surface area (Å²) in [5.41, 5.74) is 4.20. The molecule has 0 bridgehead atoms. The van der Waals surface area contributed by atoms with Crippen LogP contribution in [0.5, 0.6) is 0 Å². The largest absolute Gasteiger partial charge is 0.462 e. The number of hydrogen-bond donors (Lipinski definition) is 0. The summed E-state index contributed by atoms with van der Waals surface area (Å²) < 4.78 is 4.84. The van der Waals surface area contributed by atoms with E-state index in [1.807, 2.05) is 39.0 Å². The molecule has 3 nitrogen and oxygen atoms in total. The highest BCUT2D eigenvalue weighted by molar-refractivity contribution is 5.98. The van der Waals surface area contributed by atoms with Crippen molar-refractivity contribution < 1.29 is 9.53 Å². The zero-order chi connectivity index (χ0) is 13.7. The van der Waals surface area contributed by atoms with Gasteiger partial charge in [-0.1, -0.05) is 17.7 Å². The molecule has 0 aromatic heterocycles. The van der Waals surface area contributed by atoms with Gasteiger partial charge in [-0.2, -0.15) is 5.26 Å². The number of aryl methyl sites for hydroxylation is 3. The topological polar surface area (TPSA) is 50.1 Å². The van der Waals surface area contributed by atoms with Gasteiger partial charge in [0.05, 0.1) is 6.61 Å². The Hall–Kier alpha value is -2.08. The predicted octanol–water partition coefficient (Wildman–Crippen LogP) is 3.08. The van der Waals surface area contributed by atoms with Crippen LogP contribution in [0.2, 0.25) is 0 Å². The molecule has 0 aliphatic rings. The Morgan fingerprint density at radius 1 is 1.33 bits per heavy atom. The molecule has 0 amide bonds. The van der Waals surface area contributed by atoms with E-state index in [9.17, 15) is 4.79 Å². The average molecular weight is 243 g/mol. The Kier molecular flexibility index (Phi) is 4.67. The van der Waals surface area contributed by atoms with Gasteiger partial charge >= 0.3 is 5.97 Å². The summed E-state index contributed by atoms with van der Waals surface area (Å²) >= 11 is 0. The van der Waals surface area contributed by atoms with E-state index in [4.69, 9.17) is 10.00 Å². The van der Waals surface area contributed by atoms with Crippen LogP contribution in [-0.4, -0.2) is 12.6 Å². The van der Waals surface area contributed by atoms with Gasteiger partial charge in [0.25, 0.3) is 0 Å². The standard InChI is InChI=1S/C15H17NO2/c1-5-18-15(17)13(9-16)8-14-11(3)6-10(2)7-12(14)4/h6-8H,5H2,1-4H3/b13-8+. The average Bonchev–Trinajstić information content (AvgIpc) is 2.28. The first kappa shape index (κ1) is 14.0. The lowest BCUT2D eigenvalue weighted by molar-refractivity contribution is -0.137. The van der Waals surface area contributed by atoms with Crippen LogP contribution in [0, 0.1) is 32.1 Å². The molecule has 94 valence electrons. The van der Waals surface area contributed by atoms with E-state index in [2.05, 4.69) is 0 Å². The van der Waals surface area contributed by atoms with Gasteiger partial charge < -0.3 is 4.74 Å². The maximum absolute atomic E-state index is 11.6. The molecule has 0 heterocycles. The molecule has 0 aliphatic heterocycles. The second-order valence-electron chi connectivity index (χ2n) is 4.20. The van der Waals surface area contributed by atoms with Crippen LogP contribution in [0.3, 0.4) is 0 Å². The van der Waals surface area contributed by atoms with Gasteiger partial charge in [-0.3, -0.25) is 0 Å². The molecule has 0 radical (unpaired) electrons. The zero-order valence-electron chi connectivity index (χ0n) is 11.2. The summed E-state index contributed by atoms with van der Waals surface area (Å²) in [7, 11) is 0. The van der Waals surface area contributed by atoms with Crippen LogP contribution < -0.4 is 0 Å². The smallest absolute Gasteiger partial charge is 0.348 e. The third-order valence-corrected chi connectivity index (χ3v) is 2.64. The van der Waals surface area contributed by atoms with E-state index in [1.165, 1.54) is 0 Å². The maximum Gasteiger partial charge on any atom is 0.348 e. The summed E-state index contributed by atoms with van der Waals surface area (Å²) in [5.74, 6) is -0.570.